The van der Waals surface area contributed by atoms with Crippen LogP contribution in [0.5, 0.6) is 0 Å². The Morgan fingerprint density at radius 2 is 1.65 bits per heavy atom. The van der Waals surface area contributed by atoms with Gasteiger partial charge >= 0.3 is 5.97 Å². The average Bonchev–Trinajstić information content (AvgIpc) is 2.60. The summed E-state index contributed by atoms with van der Waals surface area (Å²) in [5, 5.41) is 14.5. The molecular weight excluding hydrogens is 354 g/mol. The summed E-state index contributed by atoms with van der Waals surface area (Å²) in [6.45, 7) is 3.81. The minimum Gasteiger partial charge on any atom is -0.480 e. The molecular formula is C18H27N3O4S. The van der Waals surface area contributed by atoms with E-state index in [9.17, 15) is 19.5 Å². The van der Waals surface area contributed by atoms with Crippen LogP contribution in [0.25, 0.3) is 0 Å². The Morgan fingerprint density at radius 3 is 2.15 bits per heavy atom. The van der Waals surface area contributed by atoms with E-state index < -0.39 is 35.9 Å². The summed E-state index contributed by atoms with van der Waals surface area (Å²) in [5.41, 5.74) is 6.43. The number of carbonyl (C=O) groups is 3. The van der Waals surface area contributed by atoms with Crippen molar-refractivity contribution in [3.8, 4) is 0 Å². The fourth-order valence-electron chi connectivity index (χ4n) is 2.39. The second-order valence-electron chi connectivity index (χ2n) is 6.57. The largest absolute Gasteiger partial charge is 0.480 e. The van der Waals surface area contributed by atoms with E-state index >= 15 is 0 Å². The van der Waals surface area contributed by atoms with E-state index in [4.69, 9.17) is 5.73 Å². The van der Waals surface area contributed by atoms with Crippen molar-refractivity contribution in [3.05, 3.63) is 35.9 Å². The molecule has 0 saturated carbocycles. The van der Waals surface area contributed by atoms with E-state index in [-0.39, 0.29) is 18.1 Å². The summed E-state index contributed by atoms with van der Waals surface area (Å²) < 4.78 is 0. The first-order valence-electron chi connectivity index (χ1n) is 8.48. The molecule has 0 fully saturated rings. The Kier molecular flexibility index (Phi) is 9.15. The van der Waals surface area contributed by atoms with Gasteiger partial charge in [-0.05, 0) is 17.9 Å². The summed E-state index contributed by atoms with van der Waals surface area (Å²) in [7, 11) is 0. The van der Waals surface area contributed by atoms with Gasteiger partial charge in [0.1, 0.15) is 12.1 Å². The van der Waals surface area contributed by atoms with E-state index in [1.807, 2.05) is 19.9 Å². The first-order valence-corrected chi connectivity index (χ1v) is 9.11. The van der Waals surface area contributed by atoms with Gasteiger partial charge in [0.15, 0.2) is 0 Å². The number of nitrogens with two attached hydrogens (primary N) is 1. The third kappa shape index (κ3) is 7.45. The number of rotatable bonds is 10. The fourth-order valence-corrected chi connectivity index (χ4v) is 2.55. The van der Waals surface area contributed by atoms with Gasteiger partial charge in [-0.15, -0.1) is 0 Å². The van der Waals surface area contributed by atoms with Crippen LogP contribution in [0.4, 0.5) is 0 Å². The van der Waals surface area contributed by atoms with Gasteiger partial charge in [0.25, 0.3) is 0 Å². The Morgan fingerprint density at radius 1 is 1.08 bits per heavy atom. The van der Waals surface area contributed by atoms with Crippen LogP contribution in [-0.2, 0) is 20.8 Å². The molecule has 1 rings (SSSR count). The number of aliphatic carboxylic acids is 1. The van der Waals surface area contributed by atoms with E-state index in [0.717, 1.165) is 5.56 Å². The zero-order valence-electron chi connectivity index (χ0n) is 15.0. The number of carbonyl (C=O) groups excluding carboxylic acids is 2. The number of nitrogens with one attached hydrogen (secondary N) is 2. The number of benzene rings is 1. The molecule has 0 aromatic heterocycles. The first kappa shape index (κ1) is 22.0. The average molecular weight is 381 g/mol. The van der Waals surface area contributed by atoms with Gasteiger partial charge in [-0.25, -0.2) is 4.79 Å². The molecule has 1 aromatic carbocycles. The van der Waals surface area contributed by atoms with Gasteiger partial charge < -0.3 is 21.5 Å². The summed E-state index contributed by atoms with van der Waals surface area (Å²) in [4.78, 5) is 36.1. The lowest BCUT2D eigenvalue weighted by molar-refractivity contribution is -0.142. The van der Waals surface area contributed by atoms with Crippen LogP contribution in [0.15, 0.2) is 30.3 Å². The van der Waals surface area contributed by atoms with Crippen LogP contribution in [-0.4, -0.2) is 46.8 Å². The lowest BCUT2D eigenvalue weighted by atomic mass is 10.0. The second kappa shape index (κ2) is 10.8. The molecule has 2 amide bonds. The third-order valence-electron chi connectivity index (χ3n) is 3.77. The summed E-state index contributed by atoms with van der Waals surface area (Å²) in [6, 6.07) is 6.24. The lowest BCUT2D eigenvalue weighted by Crippen LogP contribution is -2.55. The van der Waals surface area contributed by atoms with Gasteiger partial charge in [-0.1, -0.05) is 44.2 Å². The lowest BCUT2D eigenvalue weighted by Gasteiger charge is -2.24. The molecule has 0 saturated heterocycles. The molecule has 0 radical (unpaired) electrons. The number of hydrogen-bond donors (Lipinski definition) is 5. The first-order chi connectivity index (χ1) is 12.2. The van der Waals surface area contributed by atoms with Crippen LogP contribution in [0.1, 0.15) is 25.8 Å². The highest BCUT2D eigenvalue weighted by Gasteiger charge is 2.28. The highest BCUT2D eigenvalue weighted by Crippen LogP contribution is 2.08. The van der Waals surface area contributed by atoms with E-state index in [0.29, 0.717) is 6.42 Å². The molecule has 0 aliphatic carbocycles. The number of amides is 2. The highest BCUT2D eigenvalue weighted by atomic mass is 32.1. The Balaban J connectivity index is 2.83. The van der Waals surface area contributed by atoms with Crippen molar-refractivity contribution in [2.45, 2.75) is 44.8 Å². The third-order valence-corrected chi connectivity index (χ3v) is 4.16. The van der Waals surface area contributed by atoms with Crippen molar-refractivity contribution in [3.63, 3.8) is 0 Å². The highest BCUT2D eigenvalue weighted by molar-refractivity contribution is 7.80. The van der Waals surface area contributed by atoms with Crippen LogP contribution in [0, 0.1) is 5.92 Å². The molecule has 26 heavy (non-hydrogen) atoms. The molecule has 5 N–H and O–H groups in total. The predicted molar refractivity (Wildman–Crippen MR) is 103 cm³/mol. The Hall–Kier alpha value is -2.06. The van der Waals surface area contributed by atoms with Gasteiger partial charge in [-0.3, -0.25) is 9.59 Å². The molecule has 7 nitrogen and oxygen atoms in total. The van der Waals surface area contributed by atoms with Gasteiger partial charge in [0, 0.05) is 12.2 Å². The summed E-state index contributed by atoms with van der Waals surface area (Å²) in [6.07, 6.45) is 0.523. The monoisotopic (exact) mass is 381 g/mol. The maximum absolute atomic E-state index is 12.6. The molecule has 144 valence electrons. The van der Waals surface area contributed by atoms with Crippen LogP contribution in [0.3, 0.4) is 0 Å². The van der Waals surface area contributed by atoms with Crippen LogP contribution < -0.4 is 16.4 Å². The van der Waals surface area contributed by atoms with E-state index in [1.165, 1.54) is 0 Å². The number of thiol groups is 1. The van der Waals surface area contributed by atoms with E-state index in [1.54, 1.807) is 24.3 Å². The normalized spacial score (nSPS) is 14.3. The molecule has 0 bridgehead atoms. The number of hydrogen-bond acceptors (Lipinski definition) is 5. The summed E-state index contributed by atoms with van der Waals surface area (Å²) >= 11 is 3.97. The van der Waals surface area contributed by atoms with Crippen molar-refractivity contribution in [1.82, 2.24) is 10.6 Å². The standard InChI is InChI=1S/C18H27N3O4S/c1-11(2)8-14(20-16(22)13(19)10-26)17(23)21-15(18(24)25)9-12-6-4-3-5-7-12/h3-7,11,13-15,26H,8-10,19H2,1-2H3,(H,20,22)(H,21,23)(H,24,25)/t13-,14-,15-/m0/s1. The number of carboxylic acid groups (broad SMARTS) is 1. The smallest absolute Gasteiger partial charge is 0.326 e. The second-order valence-corrected chi connectivity index (χ2v) is 6.93. The molecule has 0 aliphatic rings. The molecule has 0 heterocycles. The van der Waals surface area contributed by atoms with Crippen LogP contribution in [0.2, 0.25) is 0 Å². The molecule has 0 aliphatic heterocycles. The quantitative estimate of drug-likeness (QED) is 0.380. The minimum atomic E-state index is -1.14. The van der Waals surface area contributed by atoms with Crippen molar-refractivity contribution >= 4 is 30.4 Å². The molecule has 3 atom stereocenters. The summed E-state index contributed by atoms with van der Waals surface area (Å²) in [5.74, 6) is -1.90. The SMILES string of the molecule is CC(C)C[C@H](NC(=O)[C@@H](N)CS)C(=O)N[C@@H](Cc1ccccc1)C(=O)O. The minimum absolute atomic E-state index is 0.121. The van der Waals surface area contributed by atoms with Gasteiger partial charge in [0.05, 0.1) is 6.04 Å². The van der Waals surface area contributed by atoms with Crippen molar-refractivity contribution < 1.29 is 19.5 Å². The number of carboxylic acids is 1. The molecule has 8 heteroatoms. The van der Waals surface area contributed by atoms with Crippen LogP contribution >= 0.6 is 12.6 Å². The zero-order valence-corrected chi connectivity index (χ0v) is 15.9. The maximum atomic E-state index is 12.6. The molecule has 0 spiro atoms. The van der Waals surface area contributed by atoms with Crippen molar-refractivity contribution in [2.24, 2.45) is 11.7 Å². The maximum Gasteiger partial charge on any atom is 0.326 e. The van der Waals surface area contributed by atoms with Crippen molar-refractivity contribution in [2.75, 3.05) is 5.75 Å². The topological polar surface area (TPSA) is 122 Å². The molecule has 0 unspecified atom stereocenters. The van der Waals surface area contributed by atoms with Gasteiger partial charge in [0.2, 0.25) is 11.8 Å². The fraction of sp³-hybridized carbons (Fsp3) is 0.500. The Bertz CT molecular complexity index is 610. The van der Waals surface area contributed by atoms with Gasteiger partial charge in [-0.2, -0.15) is 12.6 Å². The Labute approximate surface area is 159 Å². The van der Waals surface area contributed by atoms with E-state index in [2.05, 4.69) is 23.3 Å². The molecule has 1 aromatic rings. The predicted octanol–water partition coefficient (Wildman–Crippen LogP) is 0.587. The zero-order chi connectivity index (χ0) is 19.7. The van der Waals surface area contributed by atoms with Crippen molar-refractivity contribution in [1.29, 1.82) is 0 Å².